The standard InChI is InChI=1S/C13H24O11/c1-21-12-10(20)11(7(17)5(3-15)22-12)24-13-9(19)8(18)6(16)4(2-14)23-13/h4-20H,2-3H2,1H3/t4?,5?,6-,7-,8?,9-,10-,11?,12+,13-/m1/s1. The maximum absolute atomic E-state index is 10.2. The normalized spacial score (nSPS) is 50.0. The van der Waals surface area contributed by atoms with Crippen LogP contribution in [-0.2, 0) is 18.9 Å². The predicted molar refractivity (Wildman–Crippen MR) is 73.4 cm³/mol. The molecule has 2 fully saturated rings. The van der Waals surface area contributed by atoms with Gasteiger partial charge in [0, 0.05) is 7.11 Å². The van der Waals surface area contributed by atoms with Crippen molar-refractivity contribution in [3.63, 3.8) is 0 Å². The molecule has 0 aliphatic carbocycles. The zero-order chi connectivity index (χ0) is 18.0. The Labute approximate surface area is 137 Å². The molecule has 11 nitrogen and oxygen atoms in total. The molecule has 0 saturated carbocycles. The minimum Gasteiger partial charge on any atom is -0.394 e. The van der Waals surface area contributed by atoms with Gasteiger partial charge in [-0.2, -0.15) is 0 Å². The lowest BCUT2D eigenvalue weighted by Crippen LogP contribution is -2.64. The molecule has 0 aromatic carbocycles. The summed E-state index contributed by atoms with van der Waals surface area (Å²) in [6.07, 6.45) is -14.4. The van der Waals surface area contributed by atoms with Crippen LogP contribution in [0.5, 0.6) is 0 Å². The first-order valence-corrected chi connectivity index (χ1v) is 7.46. The van der Waals surface area contributed by atoms with Crippen molar-refractivity contribution in [2.75, 3.05) is 20.3 Å². The minimum absolute atomic E-state index is 0.581. The van der Waals surface area contributed by atoms with Gasteiger partial charge in [-0.05, 0) is 0 Å². The first-order valence-electron chi connectivity index (χ1n) is 7.46. The molecule has 2 saturated heterocycles. The van der Waals surface area contributed by atoms with Crippen LogP contribution in [0.15, 0.2) is 0 Å². The Bertz CT molecular complexity index is 378. The van der Waals surface area contributed by atoms with E-state index in [9.17, 15) is 30.6 Å². The Morgan fingerprint density at radius 2 is 1.25 bits per heavy atom. The summed E-state index contributed by atoms with van der Waals surface area (Å²) in [6.45, 7) is -1.23. The average Bonchev–Trinajstić information content (AvgIpc) is 2.58. The molecule has 2 rings (SSSR count). The highest BCUT2D eigenvalue weighted by Crippen LogP contribution is 2.29. The van der Waals surface area contributed by atoms with E-state index in [2.05, 4.69) is 0 Å². The monoisotopic (exact) mass is 356 g/mol. The maximum Gasteiger partial charge on any atom is 0.187 e. The molecule has 10 atom stereocenters. The van der Waals surface area contributed by atoms with Gasteiger partial charge in [-0.1, -0.05) is 0 Å². The smallest absolute Gasteiger partial charge is 0.187 e. The molecule has 4 unspecified atom stereocenters. The van der Waals surface area contributed by atoms with E-state index in [1.807, 2.05) is 0 Å². The van der Waals surface area contributed by atoms with Crippen molar-refractivity contribution in [3.8, 4) is 0 Å². The highest BCUT2D eigenvalue weighted by Gasteiger charge is 2.50. The maximum atomic E-state index is 10.2. The molecular formula is C13H24O11. The number of methoxy groups -OCH3 is 1. The molecule has 0 bridgehead atoms. The molecule has 7 N–H and O–H groups in total. The van der Waals surface area contributed by atoms with Crippen LogP contribution in [0.2, 0.25) is 0 Å². The molecule has 2 aliphatic heterocycles. The van der Waals surface area contributed by atoms with Gasteiger partial charge >= 0.3 is 0 Å². The molecule has 142 valence electrons. The van der Waals surface area contributed by atoms with E-state index in [0.29, 0.717) is 0 Å². The fraction of sp³-hybridized carbons (Fsp3) is 1.00. The number of ether oxygens (including phenoxy) is 4. The number of hydrogen-bond donors (Lipinski definition) is 7. The van der Waals surface area contributed by atoms with Crippen LogP contribution in [0.25, 0.3) is 0 Å². The van der Waals surface area contributed by atoms with Gasteiger partial charge in [-0.3, -0.25) is 0 Å². The third-order valence-corrected chi connectivity index (χ3v) is 4.19. The van der Waals surface area contributed by atoms with E-state index in [1.165, 1.54) is 7.11 Å². The van der Waals surface area contributed by atoms with Crippen LogP contribution in [0, 0.1) is 0 Å². The van der Waals surface area contributed by atoms with E-state index in [-0.39, 0.29) is 0 Å². The van der Waals surface area contributed by atoms with Crippen molar-refractivity contribution in [2.45, 2.75) is 61.4 Å². The first-order chi connectivity index (χ1) is 11.3. The molecule has 2 aliphatic rings. The van der Waals surface area contributed by atoms with Crippen molar-refractivity contribution >= 4 is 0 Å². The van der Waals surface area contributed by atoms with Crippen LogP contribution in [0.3, 0.4) is 0 Å². The molecule has 0 aromatic heterocycles. The highest BCUT2D eigenvalue weighted by atomic mass is 16.7. The van der Waals surface area contributed by atoms with Gasteiger partial charge in [0.1, 0.15) is 48.8 Å². The average molecular weight is 356 g/mol. The van der Waals surface area contributed by atoms with Crippen LogP contribution >= 0.6 is 0 Å². The van der Waals surface area contributed by atoms with E-state index >= 15 is 0 Å². The summed E-state index contributed by atoms with van der Waals surface area (Å²) < 4.78 is 20.6. The van der Waals surface area contributed by atoms with Crippen molar-refractivity contribution in [3.05, 3.63) is 0 Å². The van der Waals surface area contributed by atoms with Crippen molar-refractivity contribution in [2.24, 2.45) is 0 Å². The SMILES string of the molecule is CO[C@H]1OC(CO)[C@@H](O)C(O[C@H]2OC(CO)[C@@H](O)C(O)[C@H]2O)[C@H]1O. The molecular weight excluding hydrogens is 332 g/mol. The van der Waals surface area contributed by atoms with E-state index in [1.54, 1.807) is 0 Å². The topological polar surface area (TPSA) is 179 Å². The fourth-order valence-corrected chi connectivity index (χ4v) is 2.74. The second-order valence-corrected chi connectivity index (χ2v) is 5.74. The Kier molecular flexibility index (Phi) is 6.87. The number of aliphatic hydroxyl groups excluding tert-OH is 7. The van der Waals surface area contributed by atoms with Crippen molar-refractivity contribution < 1.29 is 54.7 Å². The Balaban J connectivity index is 2.14. The van der Waals surface area contributed by atoms with Crippen LogP contribution in [0.1, 0.15) is 0 Å². The molecule has 0 aromatic rings. The second kappa shape index (κ2) is 8.29. The van der Waals surface area contributed by atoms with Crippen LogP contribution in [0.4, 0.5) is 0 Å². The fourth-order valence-electron chi connectivity index (χ4n) is 2.74. The third kappa shape index (κ3) is 3.71. The third-order valence-electron chi connectivity index (χ3n) is 4.19. The summed E-state index contributed by atoms with van der Waals surface area (Å²) >= 11 is 0. The lowest BCUT2D eigenvalue weighted by molar-refractivity contribution is -0.358. The highest BCUT2D eigenvalue weighted by molar-refractivity contribution is 4.93. The summed E-state index contributed by atoms with van der Waals surface area (Å²) in [5.74, 6) is 0. The van der Waals surface area contributed by atoms with E-state index < -0.39 is 74.6 Å². The number of rotatable bonds is 5. The van der Waals surface area contributed by atoms with Gasteiger partial charge in [-0.15, -0.1) is 0 Å². The summed E-state index contributed by atoms with van der Waals surface area (Å²) in [6, 6.07) is 0. The largest absolute Gasteiger partial charge is 0.394 e. The summed E-state index contributed by atoms with van der Waals surface area (Å²) in [7, 11) is 1.24. The molecule has 0 spiro atoms. The summed E-state index contributed by atoms with van der Waals surface area (Å²) in [5, 5.41) is 68.1. The second-order valence-electron chi connectivity index (χ2n) is 5.74. The molecule has 0 amide bonds. The Morgan fingerprint density at radius 3 is 1.79 bits per heavy atom. The molecule has 2 heterocycles. The van der Waals surface area contributed by atoms with Gasteiger partial charge in [0.2, 0.25) is 0 Å². The predicted octanol–water partition coefficient (Wildman–Crippen LogP) is -4.74. The van der Waals surface area contributed by atoms with Gasteiger partial charge in [0.05, 0.1) is 13.2 Å². The first kappa shape index (κ1) is 19.9. The number of hydrogen-bond acceptors (Lipinski definition) is 11. The van der Waals surface area contributed by atoms with Gasteiger partial charge in [0.15, 0.2) is 12.6 Å². The van der Waals surface area contributed by atoms with Crippen LogP contribution in [-0.4, -0.2) is 117 Å². The number of aliphatic hydroxyl groups is 7. The summed E-state index contributed by atoms with van der Waals surface area (Å²) in [5.41, 5.74) is 0. The Morgan fingerprint density at radius 1 is 0.708 bits per heavy atom. The molecule has 24 heavy (non-hydrogen) atoms. The lowest BCUT2D eigenvalue weighted by Gasteiger charge is -2.45. The van der Waals surface area contributed by atoms with Crippen molar-refractivity contribution in [1.29, 1.82) is 0 Å². The minimum atomic E-state index is -1.70. The van der Waals surface area contributed by atoms with Gasteiger partial charge in [0.25, 0.3) is 0 Å². The van der Waals surface area contributed by atoms with E-state index in [0.717, 1.165) is 0 Å². The quantitative estimate of drug-likeness (QED) is 0.251. The van der Waals surface area contributed by atoms with Gasteiger partial charge in [-0.25, -0.2) is 0 Å². The zero-order valence-corrected chi connectivity index (χ0v) is 13.0. The van der Waals surface area contributed by atoms with Crippen molar-refractivity contribution in [1.82, 2.24) is 0 Å². The van der Waals surface area contributed by atoms with Gasteiger partial charge < -0.3 is 54.7 Å². The lowest BCUT2D eigenvalue weighted by atomic mass is 9.97. The zero-order valence-electron chi connectivity index (χ0n) is 13.0. The molecule has 0 radical (unpaired) electrons. The van der Waals surface area contributed by atoms with Crippen LogP contribution < -0.4 is 0 Å². The van der Waals surface area contributed by atoms with E-state index in [4.69, 9.17) is 24.1 Å². The molecule has 11 heteroatoms. The Hall–Kier alpha value is -0.440. The summed E-state index contributed by atoms with van der Waals surface area (Å²) in [4.78, 5) is 0.